The topological polar surface area (TPSA) is 114 Å². The van der Waals surface area contributed by atoms with Gasteiger partial charge in [0, 0.05) is 0 Å². The van der Waals surface area contributed by atoms with Gasteiger partial charge in [0.05, 0.1) is 19.1 Å². The zero-order valence-electron chi connectivity index (χ0n) is 23.8. The molecule has 1 fully saturated rings. The smallest absolute Gasteiger partial charge is 0.451 e. The van der Waals surface area contributed by atoms with Gasteiger partial charge in [-0.1, -0.05) is 75.6 Å². The van der Waals surface area contributed by atoms with Gasteiger partial charge in [-0.3, -0.25) is 19.2 Å². The van der Waals surface area contributed by atoms with Crippen molar-refractivity contribution < 1.29 is 37.1 Å². The monoisotopic (exact) mass is 577 g/mol. The van der Waals surface area contributed by atoms with Crippen LogP contribution in [-0.2, 0) is 24.6 Å². The fraction of sp³-hybridized carbons (Fsp3) is 0.467. The fourth-order valence-electron chi connectivity index (χ4n) is 4.52. The zero-order chi connectivity index (χ0) is 30.6. The lowest BCUT2D eigenvalue weighted by molar-refractivity contribution is -0.170. The van der Waals surface area contributed by atoms with E-state index in [0.29, 0.717) is 18.6 Å². The Kier molecular flexibility index (Phi) is 12.4. The molecule has 224 valence electrons. The Bertz CT molecular complexity index is 1160. The standard InChI is InChI=1S/C27H30F3N3O5.C3H8/c1-17(32-25(37)26(14-6-7-15-26)19-8-4-3-5-9-19)23(35)33-22(18-10-12-20(38-2)13-11-18)24(36)31-16-21(34)27(28,29)30;1-3-2/h3-5,8-13,17,22H,6-7,14-16H2,1-2H3,(H,31,36)(H,32,37)(H,33,35);3H2,1-2H3/t17-,22?;/m0./s1. The van der Waals surface area contributed by atoms with E-state index in [2.05, 4.69) is 24.5 Å². The molecular formula is C30H38F3N3O5. The molecule has 0 aliphatic heterocycles. The van der Waals surface area contributed by atoms with Gasteiger partial charge in [-0.15, -0.1) is 0 Å². The maximum absolute atomic E-state index is 13.4. The number of benzene rings is 2. The normalized spacial score (nSPS) is 15.4. The molecule has 0 spiro atoms. The Hall–Kier alpha value is -3.89. The number of carbonyl (C=O) groups is 4. The summed E-state index contributed by atoms with van der Waals surface area (Å²) in [6.07, 6.45) is -0.888. The van der Waals surface area contributed by atoms with Crippen molar-refractivity contribution >= 4 is 23.5 Å². The Morgan fingerprint density at radius 3 is 1.98 bits per heavy atom. The van der Waals surface area contributed by atoms with Crippen LogP contribution in [0.25, 0.3) is 0 Å². The maximum atomic E-state index is 13.4. The molecule has 3 N–H and O–H groups in total. The van der Waals surface area contributed by atoms with Crippen LogP contribution in [0.2, 0.25) is 0 Å². The second-order valence-electron chi connectivity index (χ2n) is 9.91. The predicted molar refractivity (Wildman–Crippen MR) is 148 cm³/mol. The summed E-state index contributed by atoms with van der Waals surface area (Å²) in [7, 11) is 1.43. The van der Waals surface area contributed by atoms with E-state index in [1.165, 1.54) is 44.7 Å². The van der Waals surface area contributed by atoms with Crippen LogP contribution in [0.3, 0.4) is 0 Å². The number of amides is 3. The van der Waals surface area contributed by atoms with Crippen LogP contribution >= 0.6 is 0 Å². The Morgan fingerprint density at radius 1 is 0.902 bits per heavy atom. The molecule has 1 aliphatic rings. The number of hydrogen-bond acceptors (Lipinski definition) is 5. The van der Waals surface area contributed by atoms with Crippen LogP contribution in [0.4, 0.5) is 13.2 Å². The number of alkyl halides is 3. The minimum atomic E-state index is -5.11. The number of methoxy groups -OCH3 is 1. The van der Waals surface area contributed by atoms with Crippen LogP contribution in [0.1, 0.15) is 70.0 Å². The number of hydrogen-bond donors (Lipinski definition) is 3. The van der Waals surface area contributed by atoms with Crippen LogP contribution in [-0.4, -0.2) is 49.4 Å². The highest BCUT2D eigenvalue weighted by Crippen LogP contribution is 2.41. The first-order valence-electron chi connectivity index (χ1n) is 13.6. The van der Waals surface area contributed by atoms with Crippen molar-refractivity contribution in [2.24, 2.45) is 0 Å². The molecule has 2 aromatic carbocycles. The summed E-state index contributed by atoms with van der Waals surface area (Å²) in [5, 5.41) is 7.15. The number of nitrogens with one attached hydrogen (secondary N) is 3. The summed E-state index contributed by atoms with van der Waals surface area (Å²) < 4.78 is 42.9. The number of ketones is 1. The summed E-state index contributed by atoms with van der Waals surface area (Å²) >= 11 is 0. The van der Waals surface area contributed by atoms with Gasteiger partial charge in [0.1, 0.15) is 17.8 Å². The third kappa shape index (κ3) is 9.06. The summed E-state index contributed by atoms with van der Waals surface area (Å²) in [6, 6.07) is 12.8. The average molecular weight is 578 g/mol. The second kappa shape index (κ2) is 15.2. The summed E-state index contributed by atoms with van der Waals surface area (Å²) in [4.78, 5) is 50.5. The van der Waals surface area contributed by atoms with E-state index in [1.807, 2.05) is 35.6 Å². The number of halogens is 3. The molecule has 1 unspecified atom stereocenters. The van der Waals surface area contributed by atoms with E-state index < -0.39 is 47.8 Å². The molecule has 0 radical (unpaired) electrons. The third-order valence-electron chi connectivity index (χ3n) is 6.70. The van der Waals surface area contributed by atoms with Gasteiger partial charge in [0.25, 0.3) is 5.78 Å². The van der Waals surface area contributed by atoms with Crippen molar-refractivity contribution in [2.45, 2.75) is 76.6 Å². The van der Waals surface area contributed by atoms with E-state index >= 15 is 0 Å². The molecule has 1 saturated carbocycles. The van der Waals surface area contributed by atoms with E-state index in [-0.39, 0.29) is 11.5 Å². The summed E-state index contributed by atoms with van der Waals surface area (Å²) in [5.74, 6) is -3.73. The molecule has 0 aromatic heterocycles. The minimum absolute atomic E-state index is 0.242. The molecule has 3 rings (SSSR count). The van der Waals surface area contributed by atoms with Gasteiger partial charge in [-0.05, 0) is 43.0 Å². The molecular weight excluding hydrogens is 539 g/mol. The van der Waals surface area contributed by atoms with Crippen molar-refractivity contribution in [1.82, 2.24) is 16.0 Å². The first kappa shape index (κ1) is 33.3. The number of Topliss-reactive ketones (excluding diaryl/α,β-unsaturated/α-hetero) is 1. The van der Waals surface area contributed by atoms with Crippen LogP contribution < -0.4 is 20.7 Å². The fourth-order valence-corrected chi connectivity index (χ4v) is 4.52. The maximum Gasteiger partial charge on any atom is 0.451 e. The summed E-state index contributed by atoms with van der Waals surface area (Å²) in [5.41, 5.74) is 0.319. The Labute approximate surface area is 238 Å². The first-order chi connectivity index (χ1) is 19.4. The second-order valence-corrected chi connectivity index (χ2v) is 9.91. The Morgan fingerprint density at radius 2 is 1.46 bits per heavy atom. The Balaban J connectivity index is 0.00000187. The molecule has 1 aliphatic carbocycles. The van der Waals surface area contributed by atoms with Gasteiger partial charge in [0.2, 0.25) is 17.7 Å². The molecule has 0 heterocycles. The highest BCUT2D eigenvalue weighted by atomic mass is 19.4. The van der Waals surface area contributed by atoms with Gasteiger partial charge < -0.3 is 20.7 Å². The number of carbonyl (C=O) groups excluding carboxylic acids is 4. The highest BCUT2D eigenvalue weighted by Gasteiger charge is 2.43. The van der Waals surface area contributed by atoms with Gasteiger partial charge in [-0.25, -0.2) is 0 Å². The summed E-state index contributed by atoms with van der Waals surface area (Å²) in [6.45, 7) is 4.42. The van der Waals surface area contributed by atoms with Crippen molar-refractivity contribution in [3.63, 3.8) is 0 Å². The van der Waals surface area contributed by atoms with Crippen molar-refractivity contribution in [1.29, 1.82) is 0 Å². The average Bonchev–Trinajstić information content (AvgIpc) is 3.46. The van der Waals surface area contributed by atoms with E-state index in [9.17, 15) is 32.3 Å². The van der Waals surface area contributed by atoms with E-state index in [1.54, 1.807) is 0 Å². The lowest BCUT2D eigenvalue weighted by atomic mass is 9.78. The number of rotatable bonds is 10. The van der Waals surface area contributed by atoms with Crippen molar-refractivity contribution in [2.75, 3.05) is 13.7 Å². The molecule has 0 saturated heterocycles. The highest BCUT2D eigenvalue weighted by molar-refractivity contribution is 5.96. The van der Waals surface area contributed by atoms with Gasteiger partial charge >= 0.3 is 6.18 Å². The van der Waals surface area contributed by atoms with Crippen molar-refractivity contribution in [3.8, 4) is 5.75 Å². The molecule has 3 amide bonds. The molecule has 41 heavy (non-hydrogen) atoms. The lowest BCUT2D eigenvalue weighted by Gasteiger charge is -2.30. The van der Waals surface area contributed by atoms with Crippen LogP contribution in [0, 0.1) is 0 Å². The lowest BCUT2D eigenvalue weighted by Crippen LogP contribution is -2.53. The minimum Gasteiger partial charge on any atom is -0.497 e. The predicted octanol–water partition coefficient (Wildman–Crippen LogP) is 4.53. The van der Waals surface area contributed by atoms with Crippen LogP contribution in [0.5, 0.6) is 5.75 Å². The molecule has 2 atom stereocenters. The molecule has 8 nitrogen and oxygen atoms in total. The zero-order valence-corrected chi connectivity index (χ0v) is 23.8. The number of ether oxygens (including phenoxy) is 1. The molecule has 11 heteroatoms. The first-order valence-corrected chi connectivity index (χ1v) is 13.6. The SMILES string of the molecule is CCC.COc1ccc(C(NC(=O)[C@H](C)NC(=O)C2(c3ccccc3)CCCC2)C(=O)NCC(=O)C(F)(F)F)cc1. The van der Waals surface area contributed by atoms with Gasteiger partial charge in [-0.2, -0.15) is 13.2 Å². The van der Waals surface area contributed by atoms with E-state index in [4.69, 9.17) is 4.74 Å². The van der Waals surface area contributed by atoms with Gasteiger partial charge in [0.15, 0.2) is 0 Å². The quantitative estimate of drug-likeness (QED) is 0.384. The van der Waals surface area contributed by atoms with E-state index in [0.717, 1.165) is 18.4 Å². The molecule has 2 aromatic rings. The largest absolute Gasteiger partial charge is 0.497 e. The van der Waals surface area contributed by atoms with Crippen LogP contribution in [0.15, 0.2) is 54.6 Å². The van der Waals surface area contributed by atoms with Crippen molar-refractivity contribution in [3.05, 3.63) is 65.7 Å². The third-order valence-corrected chi connectivity index (χ3v) is 6.70. The molecule has 0 bridgehead atoms.